The van der Waals surface area contributed by atoms with Crippen LogP contribution in [0.1, 0.15) is 5.56 Å². The van der Waals surface area contributed by atoms with Gasteiger partial charge < -0.3 is 4.98 Å². The monoisotopic (exact) mass is 374 g/mol. The number of pyridine rings is 1. The molecule has 4 rings (SSSR count). The van der Waals surface area contributed by atoms with Gasteiger partial charge in [-0.05, 0) is 48.9 Å². The summed E-state index contributed by atoms with van der Waals surface area (Å²) in [6, 6.07) is 14.5. The van der Waals surface area contributed by atoms with Crippen LogP contribution in [0.3, 0.4) is 0 Å². The minimum Gasteiger partial charge on any atom is -0.337 e. The van der Waals surface area contributed by atoms with Crippen molar-refractivity contribution in [2.75, 3.05) is 0 Å². The molecule has 4 aromatic rings. The minimum absolute atomic E-state index is 0.0271. The fourth-order valence-electron chi connectivity index (χ4n) is 3.15. The molecule has 0 radical (unpaired) electrons. The molecule has 138 valence electrons. The maximum absolute atomic E-state index is 13.4. The summed E-state index contributed by atoms with van der Waals surface area (Å²) in [5.41, 5.74) is 3.92. The number of imidazole rings is 1. The van der Waals surface area contributed by atoms with Crippen LogP contribution in [-0.4, -0.2) is 19.9 Å². The van der Waals surface area contributed by atoms with E-state index in [2.05, 4.69) is 15.0 Å². The van der Waals surface area contributed by atoms with Crippen molar-refractivity contribution in [2.45, 2.75) is 6.92 Å². The highest BCUT2D eigenvalue weighted by molar-refractivity contribution is 5.83. The molecule has 6 nitrogen and oxygen atoms in total. The van der Waals surface area contributed by atoms with Gasteiger partial charge in [-0.1, -0.05) is 12.1 Å². The lowest BCUT2D eigenvalue weighted by Crippen LogP contribution is -1.95. The molecule has 0 amide bonds. The molecule has 0 aliphatic heterocycles. The number of hydrogen-bond acceptors (Lipinski definition) is 4. The van der Waals surface area contributed by atoms with Gasteiger partial charge in [0.2, 0.25) is 0 Å². The van der Waals surface area contributed by atoms with E-state index in [1.54, 1.807) is 55.7 Å². The molecule has 1 N–H and O–H groups in total. The molecular formula is C21H15FN4O2. The first-order valence-corrected chi connectivity index (χ1v) is 8.55. The molecule has 0 saturated carbocycles. The lowest BCUT2D eigenvalue weighted by molar-refractivity contribution is -0.384. The number of nitrogens with one attached hydrogen (secondary N) is 1. The number of benzene rings is 2. The molecule has 2 aromatic heterocycles. The van der Waals surface area contributed by atoms with Crippen molar-refractivity contribution < 1.29 is 9.31 Å². The first kappa shape index (κ1) is 17.5. The molecule has 2 heterocycles. The van der Waals surface area contributed by atoms with Crippen molar-refractivity contribution in [1.29, 1.82) is 0 Å². The Bertz CT molecular complexity index is 1160. The van der Waals surface area contributed by atoms with Gasteiger partial charge in [0, 0.05) is 29.6 Å². The van der Waals surface area contributed by atoms with Crippen LogP contribution < -0.4 is 0 Å². The summed E-state index contributed by atoms with van der Waals surface area (Å²) < 4.78 is 13.4. The van der Waals surface area contributed by atoms with Gasteiger partial charge in [-0.3, -0.25) is 15.1 Å². The van der Waals surface area contributed by atoms with Crippen molar-refractivity contribution in [3.05, 3.63) is 88.5 Å². The van der Waals surface area contributed by atoms with Gasteiger partial charge in [-0.2, -0.15) is 0 Å². The Morgan fingerprint density at radius 3 is 2.39 bits per heavy atom. The van der Waals surface area contributed by atoms with Gasteiger partial charge >= 0.3 is 0 Å². The molecule has 0 spiro atoms. The largest absolute Gasteiger partial charge is 0.337 e. The van der Waals surface area contributed by atoms with Crippen LogP contribution in [0.2, 0.25) is 0 Å². The number of nitrogens with zero attached hydrogens (tertiary/aromatic N) is 3. The van der Waals surface area contributed by atoms with Crippen molar-refractivity contribution >= 4 is 5.69 Å². The minimum atomic E-state index is -0.422. The van der Waals surface area contributed by atoms with Crippen LogP contribution in [0.25, 0.3) is 33.9 Å². The van der Waals surface area contributed by atoms with E-state index in [4.69, 9.17) is 0 Å². The second-order valence-electron chi connectivity index (χ2n) is 6.28. The standard InChI is InChI=1S/C21H15FN4O2/c1-13-3-2-4-17(26(27)28)18(13)21-24-19(14-5-7-16(22)8-6-14)20(25-21)15-9-11-23-12-10-15/h2-12H,1H3,(H,24,25). The Hall–Kier alpha value is -3.87. The van der Waals surface area contributed by atoms with Crippen molar-refractivity contribution in [3.8, 4) is 33.9 Å². The van der Waals surface area contributed by atoms with Crippen LogP contribution in [0.15, 0.2) is 67.0 Å². The third kappa shape index (κ3) is 3.14. The summed E-state index contributed by atoms with van der Waals surface area (Å²) in [6.07, 6.45) is 3.29. The number of halogens is 1. The molecule has 0 atom stereocenters. The van der Waals surface area contributed by atoms with Crippen molar-refractivity contribution in [3.63, 3.8) is 0 Å². The Morgan fingerprint density at radius 1 is 1.00 bits per heavy atom. The van der Waals surface area contributed by atoms with Gasteiger partial charge in [0.25, 0.3) is 5.69 Å². The number of rotatable bonds is 4. The van der Waals surface area contributed by atoms with Gasteiger partial charge in [0.15, 0.2) is 0 Å². The highest BCUT2D eigenvalue weighted by Crippen LogP contribution is 2.37. The quantitative estimate of drug-likeness (QED) is 0.395. The number of nitro groups is 1. The number of H-pyrrole nitrogens is 1. The maximum atomic E-state index is 13.4. The third-order valence-electron chi connectivity index (χ3n) is 4.47. The second-order valence-corrected chi connectivity index (χ2v) is 6.28. The van der Waals surface area contributed by atoms with E-state index in [1.165, 1.54) is 18.2 Å². The molecular weight excluding hydrogens is 359 g/mol. The predicted octanol–water partition coefficient (Wildman–Crippen LogP) is 5.16. The number of hydrogen-bond donors (Lipinski definition) is 1. The van der Waals surface area contributed by atoms with Crippen molar-refractivity contribution in [2.24, 2.45) is 0 Å². The van der Waals surface area contributed by atoms with E-state index in [0.717, 1.165) is 16.7 Å². The first-order valence-electron chi connectivity index (χ1n) is 8.55. The SMILES string of the molecule is Cc1cccc([N+](=O)[O-])c1-c1nc(-c2ccncc2)c(-c2ccc(F)cc2)[nH]1. The molecule has 0 aliphatic rings. The predicted molar refractivity (Wildman–Crippen MR) is 104 cm³/mol. The average molecular weight is 374 g/mol. The average Bonchev–Trinajstić information content (AvgIpc) is 3.14. The zero-order valence-electron chi connectivity index (χ0n) is 14.9. The molecule has 0 saturated heterocycles. The van der Waals surface area contributed by atoms with E-state index in [9.17, 15) is 14.5 Å². The zero-order valence-corrected chi connectivity index (χ0v) is 14.9. The Morgan fingerprint density at radius 2 is 1.71 bits per heavy atom. The van der Waals surface area contributed by atoms with E-state index in [-0.39, 0.29) is 11.5 Å². The fourth-order valence-corrected chi connectivity index (χ4v) is 3.15. The van der Waals surface area contributed by atoms with Crippen LogP contribution in [0.5, 0.6) is 0 Å². The maximum Gasteiger partial charge on any atom is 0.280 e. The lowest BCUT2D eigenvalue weighted by atomic mass is 10.1. The molecule has 2 aromatic carbocycles. The van der Waals surface area contributed by atoms with E-state index in [1.807, 2.05) is 0 Å². The number of aromatic nitrogens is 3. The van der Waals surface area contributed by atoms with Crippen molar-refractivity contribution in [1.82, 2.24) is 15.0 Å². The van der Waals surface area contributed by atoms with E-state index in [0.29, 0.717) is 22.8 Å². The van der Waals surface area contributed by atoms with Crippen LogP contribution >= 0.6 is 0 Å². The van der Waals surface area contributed by atoms with Gasteiger partial charge in [-0.25, -0.2) is 9.37 Å². The molecule has 7 heteroatoms. The second kappa shape index (κ2) is 7.03. The van der Waals surface area contributed by atoms with Crippen LogP contribution in [-0.2, 0) is 0 Å². The highest BCUT2D eigenvalue weighted by Gasteiger charge is 2.23. The van der Waals surface area contributed by atoms with Gasteiger partial charge in [-0.15, -0.1) is 0 Å². The third-order valence-corrected chi connectivity index (χ3v) is 4.47. The molecule has 0 unspecified atom stereocenters. The molecule has 0 bridgehead atoms. The van der Waals surface area contributed by atoms with Crippen LogP contribution in [0.4, 0.5) is 10.1 Å². The highest BCUT2D eigenvalue weighted by atomic mass is 19.1. The number of nitro benzene ring substituents is 1. The van der Waals surface area contributed by atoms with Gasteiger partial charge in [0.05, 0.1) is 21.9 Å². The summed E-state index contributed by atoms with van der Waals surface area (Å²) in [4.78, 5) is 23.0. The smallest absolute Gasteiger partial charge is 0.280 e. The van der Waals surface area contributed by atoms with Gasteiger partial charge in [0.1, 0.15) is 11.6 Å². The zero-order chi connectivity index (χ0) is 19.7. The Kier molecular flexibility index (Phi) is 4.41. The Balaban J connectivity index is 1.97. The summed E-state index contributed by atoms with van der Waals surface area (Å²) in [6.45, 7) is 1.80. The molecule has 0 fully saturated rings. The lowest BCUT2D eigenvalue weighted by Gasteiger charge is -2.04. The topological polar surface area (TPSA) is 84.7 Å². The summed E-state index contributed by atoms with van der Waals surface area (Å²) >= 11 is 0. The number of aromatic amines is 1. The summed E-state index contributed by atoms with van der Waals surface area (Å²) in [5.74, 6) is 0.0411. The van der Waals surface area contributed by atoms with E-state index < -0.39 is 4.92 Å². The summed E-state index contributed by atoms with van der Waals surface area (Å²) in [5, 5.41) is 11.5. The van der Waals surface area contributed by atoms with E-state index >= 15 is 0 Å². The first-order chi connectivity index (χ1) is 13.5. The molecule has 0 aliphatic carbocycles. The number of aryl methyl sites for hydroxylation is 1. The summed E-state index contributed by atoms with van der Waals surface area (Å²) in [7, 11) is 0. The van der Waals surface area contributed by atoms with Crippen LogP contribution in [0, 0.1) is 22.9 Å². The Labute approximate surface area is 159 Å². The normalized spacial score (nSPS) is 10.8. The fraction of sp³-hybridized carbons (Fsp3) is 0.0476. The molecule has 28 heavy (non-hydrogen) atoms.